The molecule has 208 valence electrons. The summed E-state index contributed by atoms with van der Waals surface area (Å²) in [4.78, 5) is 3.40. The molecule has 0 radical (unpaired) electrons. The third-order valence-electron chi connectivity index (χ3n) is 6.83. The lowest BCUT2D eigenvalue weighted by molar-refractivity contribution is 0.161. The number of benzene rings is 3. The Labute approximate surface area is 238 Å². The predicted molar refractivity (Wildman–Crippen MR) is 157 cm³/mol. The average molecular weight is 579 g/mol. The number of ether oxygens (including phenoxy) is 1. The zero-order valence-corrected chi connectivity index (χ0v) is 24.1. The first-order valence-electron chi connectivity index (χ1n) is 12.9. The fraction of sp³-hybridized carbons (Fsp3) is 0.233. The van der Waals surface area contributed by atoms with Crippen LogP contribution in [-0.2, 0) is 23.5 Å². The molecule has 3 N–H and O–H groups in total. The Morgan fingerprint density at radius 2 is 1.82 bits per heavy atom. The third kappa shape index (κ3) is 5.78. The highest BCUT2D eigenvalue weighted by Crippen LogP contribution is 2.34. The lowest BCUT2D eigenvalue weighted by atomic mass is 10.0. The molecule has 0 fully saturated rings. The first-order valence-corrected chi connectivity index (χ1v) is 14.8. The van der Waals surface area contributed by atoms with Gasteiger partial charge >= 0.3 is 0 Å². The minimum Gasteiger partial charge on any atom is -0.494 e. The summed E-state index contributed by atoms with van der Waals surface area (Å²) < 4.78 is 36.2. The third-order valence-corrected chi connectivity index (χ3v) is 8.86. The number of halogens is 1. The number of fused-ring (bicyclic) bond motifs is 1. The Morgan fingerprint density at radius 1 is 1.10 bits per heavy atom. The number of nitrogens with zero attached hydrogens (tertiary/aromatic N) is 2. The average Bonchev–Trinajstić information content (AvgIpc) is 3.53. The van der Waals surface area contributed by atoms with Crippen molar-refractivity contribution in [2.75, 3.05) is 6.61 Å². The zero-order valence-electron chi connectivity index (χ0n) is 22.5. The Hall–Kier alpha value is -3.63. The number of aromatic nitrogens is 3. The molecule has 1 unspecified atom stereocenters. The lowest BCUT2D eigenvalue weighted by Crippen LogP contribution is -2.29. The maximum atomic E-state index is 13.0. The number of sulfonamides is 1. The van der Waals surface area contributed by atoms with Gasteiger partial charge in [0.1, 0.15) is 5.75 Å². The highest BCUT2D eigenvalue weighted by molar-refractivity contribution is 7.89. The minimum absolute atomic E-state index is 0.0738. The molecule has 5 rings (SSSR count). The summed E-state index contributed by atoms with van der Waals surface area (Å²) in [5, 5.41) is 17.1. The molecule has 0 saturated carbocycles. The summed E-state index contributed by atoms with van der Waals surface area (Å²) in [7, 11) is -2.11. The van der Waals surface area contributed by atoms with Gasteiger partial charge < -0.3 is 14.8 Å². The highest BCUT2D eigenvalue weighted by atomic mass is 35.5. The molecule has 0 aliphatic carbocycles. The SMILES string of the molecule is Cc1cc(OCCCc2c(C(O)NS(=O)(=O)c3ccccc3)[nH]c3c(-c4cnn(C)c4)cccc23)cc(C)c1Cl. The van der Waals surface area contributed by atoms with Gasteiger partial charge in [0.15, 0.2) is 6.23 Å². The van der Waals surface area contributed by atoms with Crippen LogP contribution < -0.4 is 9.46 Å². The fourth-order valence-electron chi connectivity index (χ4n) is 4.90. The van der Waals surface area contributed by atoms with Gasteiger partial charge in [-0.3, -0.25) is 4.68 Å². The van der Waals surface area contributed by atoms with E-state index in [9.17, 15) is 13.5 Å². The van der Waals surface area contributed by atoms with E-state index in [-0.39, 0.29) is 4.90 Å². The second kappa shape index (κ2) is 11.5. The van der Waals surface area contributed by atoms with Gasteiger partial charge in [0, 0.05) is 34.8 Å². The van der Waals surface area contributed by atoms with Gasteiger partial charge in [-0.1, -0.05) is 48.0 Å². The van der Waals surface area contributed by atoms with Gasteiger partial charge in [-0.15, -0.1) is 0 Å². The summed E-state index contributed by atoms with van der Waals surface area (Å²) in [5.41, 5.74) is 5.71. The first-order chi connectivity index (χ1) is 19.1. The number of rotatable bonds is 10. The Bertz CT molecular complexity index is 1740. The van der Waals surface area contributed by atoms with E-state index in [0.29, 0.717) is 25.1 Å². The van der Waals surface area contributed by atoms with Crippen LogP contribution in [0.25, 0.3) is 22.0 Å². The summed E-state index contributed by atoms with van der Waals surface area (Å²) in [6.07, 6.45) is 3.37. The van der Waals surface area contributed by atoms with Gasteiger partial charge in [0.05, 0.1) is 28.9 Å². The van der Waals surface area contributed by atoms with Crippen molar-refractivity contribution >= 4 is 32.5 Å². The summed E-state index contributed by atoms with van der Waals surface area (Å²) in [5.74, 6) is 0.744. The molecule has 0 aliphatic heterocycles. The number of hydrogen-bond donors (Lipinski definition) is 3. The van der Waals surface area contributed by atoms with Crippen molar-refractivity contribution in [1.82, 2.24) is 19.5 Å². The van der Waals surface area contributed by atoms with Crippen LogP contribution in [0.4, 0.5) is 0 Å². The van der Waals surface area contributed by atoms with Crippen molar-refractivity contribution in [1.29, 1.82) is 0 Å². The summed E-state index contributed by atoms with van der Waals surface area (Å²) in [6, 6.07) is 17.7. The number of H-pyrrole nitrogens is 1. The topological polar surface area (TPSA) is 109 Å². The molecule has 3 aromatic carbocycles. The van der Waals surface area contributed by atoms with Crippen LogP contribution in [0.3, 0.4) is 0 Å². The number of hydrogen-bond acceptors (Lipinski definition) is 5. The van der Waals surface area contributed by atoms with Crippen molar-refractivity contribution in [3.8, 4) is 16.9 Å². The van der Waals surface area contributed by atoms with E-state index in [4.69, 9.17) is 16.3 Å². The van der Waals surface area contributed by atoms with Gasteiger partial charge in [0.25, 0.3) is 0 Å². The van der Waals surface area contributed by atoms with Gasteiger partial charge in [0.2, 0.25) is 10.0 Å². The number of para-hydroxylation sites is 1. The van der Waals surface area contributed by atoms with Crippen molar-refractivity contribution < 1.29 is 18.3 Å². The molecule has 5 aromatic rings. The molecule has 10 heteroatoms. The second-order valence-corrected chi connectivity index (χ2v) is 11.9. The Kier molecular flexibility index (Phi) is 8.00. The number of aliphatic hydroxyl groups excluding tert-OH is 1. The molecular weight excluding hydrogens is 548 g/mol. The summed E-state index contributed by atoms with van der Waals surface area (Å²) in [6.45, 7) is 4.32. The number of nitrogens with one attached hydrogen (secondary N) is 2. The molecule has 2 heterocycles. The van der Waals surface area contributed by atoms with Crippen molar-refractivity contribution in [2.24, 2.45) is 7.05 Å². The highest BCUT2D eigenvalue weighted by Gasteiger charge is 2.25. The quantitative estimate of drug-likeness (QED) is 0.143. The van der Waals surface area contributed by atoms with E-state index >= 15 is 0 Å². The molecule has 2 aromatic heterocycles. The van der Waals surface area contributed by atoms with Crippen LogP contribution >= 0.6 is 11.6 Å². The molecule has 0 aliphatic rings. The maximum Gasteiger partial charge on any atom is 0.243 e. The molecule has 0 amide bonds. The van der Waals surface area contributed by atoms with E-state index in [0.717, 1.165) is 49.5 Å². The Balaban J connectivity index is 1.46. The molecule has 40 heavy (non-hydrogen) atoms. The van der Waals surface area contributed by atoms with Crippen LogP contribution in [0.2, 0.25) is 5.02 Å². The molecule has 0 bridgehead atoms. The second-order valence-electron chi connectivity index (χ2n) is 9.81. The Morgan fingerprint density at radius 3 is 2.50 bits per heavy atom. The zero-order chi connectivity index (χ0) is 28.4. The van der Waals surface area contributed by atoms with Crippen LogP contribution in [0.15, 0.2) is 78.0 Å². The van der Waals surface area contributed by atoms with Gasteiger partial charge in [-0.2, -0.15) is 9.82 Å². The van der Waals surface area contributed by atoms with E-state index in [2.05, 4.69) is 14.8 Å². The van der Waals surface area contributed by atoms with Crippen LogP contribution in [0.1, 0.15) is 35.0 Å². The lowest BCUT2D eigenvalue weighted by Gasteiger charge is -2.15. The van der Waals surface area contributed by atoms with Gasteiger partial charge in [-0.05, 0) is 67.6 Å². The maximum absolute atomic E-state index is 13.0. The minimum atomic E-state index is -3.96. The molecular formula is C30H31ClN4O4S. The van der Waals surface area contributed by atoms with Crippen LogP contribution in [0, 0.1) is 13.8 Å². The van der Waals surface area contributed by atoms with Crippen LogP contribution in [-0.4, -0.2) is 34.9 Å². The normalized spacial score (nSPS) is 12.6. The largest absolute Gasteiger partial charge is 0.494 e. The number of aryl methyl sites for hydroxylation is 4. The fourth-order valence-corrected chi connectivity index (χ4v) is 6.07. The van der Waals surface area contributed by atoms with Gasteiger partial charge in [-0.25, -0.2) is 8.42 Å². The number of aromatic amines is 1. The predicted octanol–water partition coefficient (Wildman–Crippen LogP) is 5.82. The molecule has 8 nitrogen and oxygen atoms in total. The standard InChI is InChI=1S/C30H31ClN4O4S/c1-19-15-22(16-20(2)27(19)31)39-14-8-13-26-25-12-7-11-24(21-17-32-35(3)18-21)28(25)33-29(26)30(36)34-40(37,38)23-9-5-4-6-10-23/h4-7,9-12,15-18,30,33-34,36H,8,13-14H2,1-3H3. The van der Waals surface area contributed by atoms with Crippen molar-refractivity contribution in [3.05, 3.63) is 100 Å². The molecule has 1 atom stereocenters. The summed E-state index contributed by atoms with van der Waals surface area (Å²) >= 11 is 6.29. The smallest absolute Gasteiger partial charge is 0.243 e. The van der Waals surface area contributed by atoms with E-state index in [1.165, 1.54) is 12.1 Å². The van der Waals surface area contributed by atoms with Crippen molar-refractivity contribution in [3.63, 3.8) is 0 Å². The molecule has 0 saturated heterocycles. The van der Waals surface area contributed by atoms with E-state index in [1.54, 1.807) is 29.1 Å². The first kappa shape index (κ1) is 27.9. The number of aliphatic hydroxyl groups is 1. The monoisotopic (exact) mass is 578 g/mol. The van der Waals surface area contributed by atoms with Crippen LogP contribution in [0.5, 0.6) is 5.75 Å². The van der Waals surface area contributed by atoms with E-state index < -0.39 is 16.3 Å². The van der Waals surface area contributed by atoms with E-state index in [1.807, 2.05) is 57.4 Å². The van der Waals surface area contributed by atoms with Crippen molar-refractivity contribution in [2.45, 2.75) is 37.8 Å². The molecule has 0 spiro atoms.